The van der Waals surface area contributed by atoms with Crippen molar-refractivity contribution in [3.8, 4) is 0 Å². The van der Waals surface area contributed by atoms with Crippen LogP contribution in [0.2, 0.25) is 0 Å². The molecule has 0 saturated carbocycles. The van der Waals surface area contributed by atoms with Crippen molar-refractivity contribution < 1.29 is 9.90 Å². The zero-order chi connectivity index (χ0) is 26.2. The number of piperazine rings is 1. The Kier molecular flexibility index (Phi) is 8.98. The number of para-hydroxylation sites is 2. The molecule has 2 aliphatic heterocycles. The molecule has 0 spiro atoms. The van der Waals surface area contributed by atoms with Crippen LogP contribution in [0.15, 0.2) is 78.3 Å². The van der Waals surface area contributed by atoms with Crippen molar-refractivity contribution in [1.82, 2.24) is 9.80 Å². The Morgan fingerprint density at radius 1 is 1.11 bits per heavy atom. The number of aliphatic hydroxyl groups excluding tert-OH is 1. The number of amides is 2. The van der Waals surface area contributed by atoms with Gasteiger partial charge in [0.05, 0.1) is 24.0 Å². The number of benzene rings is 2. The van der Waals surface area contributed by atoms with Crippen molar-refractivity contribution in [1.29, 1.82) is 0 Å². The number of nitrogens with zero attached hydrogens (tertiary/aromatic N) is 4. The smallest absolute Gasteiger partial charge is 0.323 e. The van der Waals surface area contributed by atoms with Crippen LogP contribution in [0.3, 0.4) is 0 Å². The van der Waals surface area contributed by atoms with Gasteiger partial charge in [0.2, 0.25) is 0 Å². The first-order chi connectivity index (χ1) is 18.0. The molecule has 2 heterocycles. The molecule has 3 N–H and O–H groups in total. The number of carbonyl (C=O) groups excluding carboxylic acids is 1. The fourth-order valence-electron chi connectivity index (χ4n) is 5.23. The van der Waals surface area contributed by atoms with Crippen LogP contribution in [-0.2, 0) is 0 Å². The van der Waals surface area contributed by atoms with Crippen molar-refractivity contribution in [2.75, 3.05) is 68.5 Å². The molecular weight excluding hydrogens is 464 g/mol. The number of carbonyl (C=O) groups is 1. The summed E-state index contributed by atoms with van der Waals surface area (Å²) in [6, 6.07) is 15.6. The van der Waals surface area contributed by atoms with Crippen molar-refractivity contribution in [2.45, 2.75) is 18.9 Å². The van der Waals surface area contributed by atoms with Crippen LogP contribution in [0, 0.1) is 0 Å². The summed E-state index contributed by atoms with van der Waals surface area (Å²) in [5.41, 5.74) is 4.44. The Balaban J connectivity index is 1.49. The van der Waals surface area contributed by atoms with Gasteiger partial charge in [0.15, 0.2) is 0 Å². The first-order valence-electron chi connectivity index (χ1n) is 12.9. The van der Waals surface area contributed by atoms with Gasteiger partial charge in [-0.2, -0.15) is 0 Å². The van der Waals surface area contributed by atoms with E-state index in [9.17, 15) is 9.90 Å². The lowest BCUT2D eigenvalue weighted by Crippen LogP contribution is -2.51. The van der Waals surface area contributed by atoms with E-state index in [4.69, 9.17) is 0 Å². The summed E-state index contributed by atoms with van der Waals surface area (Å²) in [5, 5.41) is 15.7. The van der Waals surface area contributed by atoms with Gasteiger partial charge in [0, 0.05) is 57.6 Å². The molecule has 2 fully saturated rings. The number of urea groups is 1. The Hall–Kier alpha value is -3.62. The Morgan fingerprint density at radius 2 is 1.89 bits per heavy atom. The van der Waals surface area contributed by atoms with Crippen LogP contribution in [0.1, 0.15) is 24.4 Å². The highest BCUT2D eigenvalue weighted by Gasteiger charge is 2.30. The SMILES string of the molecule is C=CC(=C)C(=NC)N1CCN(CCO)C(c2cccc(NC(=O)Nc3ccccc3N3CCCC3)c2)C1. The Morgan fingerprint density at radius 3 is 2.62 bits per heavy atom. The quantitative estimate of drug-likeness (QED) is 0.284. The van der Waals surface area contributed by atoms with Gasteiger partial charge in [-0.1, -0.05) is 43.5 Å². The highest BCUT2D eigenvalue weighted by atomic mass is 16.3. The van der Waals surface area contributed by atoms with E-state index in [2.05, 4.69) is 55.6 Å². The Labute approximate surface area is 220 Å². The summed E-state index contributed by atoms with van der Waals surface area (Å²) in [5.74, 6) is 0.828. The summed E-state index contributed by atoms with van der Waals surface area (Å²) < 4.78 is 0. The van der Waals surface area contributed by atoms with Gasteiger partial charge >= 0.3 is 6.03 Å². The molecule has 0 bridgehead atoms. The highest BCUT2D eigenvalue weighted by molar-refractivity contribution is 6.02. The van der Waals surface area contributed by atoms with E-state index in [1.54, 1.807) is 13.1 Å². The summed E-state index contributed by atoms with van der Waals surface area (Å²) in [6.07, 6.45) is 4.07. The third kappa shape index (κ3) is 6.39. The summed E-state index contributed by atoms with van der Waals surface area (Å²) >= 11 is 0. The predicted octanol–water partition coefficient (Wildman–Crippen LogP) is 4.35. The maximum absolute atomic E-state index is 13.0. The number of β-amino-alcohol motifs (C(OH)–C–C–N with tert-alkyl or cyclic N) is 1. The van der Waals surface area contributed by atoms with Crippen LogP contribution in [0.25, 0.3) is 0 Å². The van der Waals surface area contributed by atoms with E-state index in [0.717, 1.165) is 60.2 Å². The number of hydrogen-bond donors (Lipinski definition) is 3. The minimum absolute atomic E-state index is 0.0240. The zero-order valence-corrected chi connectivity index (χ0v) is 21.7. The van der Waals surface area contributed by atoms with Crippen molar-refractivity contribution in [3.63, 3.8) is 0 Å². The van der Waals surface area contributed by atoms with Crippen LogP contribution in [0.5, 0.6) is 0 Å². The zero-order valence-electron chi connectivity index (χ0n) is 21.7. The molecule has 8 heteroatoms. The van der Waals surface area contributed by atoms with E-state index in [1.807, 2.05) is 36.4 Å². The van der Waals surface area contributed by atoms with E-state index < -0.39 is 0 Å². The molecular formula is C29H38N6O2. The molecule has 2 aromatic rings. The second kappa shape index (κ2) is 12.6. The largest absolute Gasteiger partial charge is 0.395 e. The van der Waals surface area contributed by atoms with E-state index in [-0.39, 0.29) is 18.7 Å². The third-order valence-electron chi connectivity index (χ3n) is 7.05. The lowest BCUT2D eigenvalue weighted by atomic mass is 10.0. The van der Waals surface area contributed by atoms with Crippen LogP contribution < -0.4 is 15.5 Å². The van der Waals surface area contributed by atoms with Gasteiger partial charge in [0.25, 0.3) is 0 Å². The summed E-state index contributed by atoms with van der Waals surface area (Å²) in [7, 11) is 1.77. The van der Waals surface area contributed by atoms with Gasteiger partial charge in [0.1, 0.15) is 5.84 Å². The second-order valence-electron chi connectivity index (χ2n) is 9.41. The van der Waals surface area contributed by atoms with Gasteiger partial charge in [-0.05, 0) is 42.7 Å². The van der Waals surface area contributed by atoms with Gasteiger partial charge in [-0.3, -0.25) is 9.89 Å². The minimum Gasteiger partial charge on any atom is -0.395 e. The molecule has 2 aromatic carbocycles. The first kappa shape index (κ1) is 26.4. The fraction of sp³-hybridized carbons (Fsp3) is 0.379. The number of amidine groups is 1. The lowest BCUT2D eigenvalue weighted by molar-refractivity contribution is 0.0905. The number of rotatable bonds is 8. The molecule has 0 radical (unpaired) electrons. The number of aliphatic imine (C=N–C) groups is 1. The molecule has 196 valence electrons. The minimum atomic E-state index is -0.274. The number of anilines is 3. The lowest BCUT2D eigenvalue weighted by Gasteiger charge is -2.43. The molecule has 2 saturated heterocycles. The monoisotopic (exact) mass is 502 g/mol. The average Bonchev–Trinajstić information content (AvgIpc) is 3.45. The number of nitrogens with one attached hydrogen (secondary N) is 2. The normalized spacial score (nSPS) is 18.5. The maximum atomic E-state index is 13.0. The summed E-state index contributed by atoms with van der Waals surface area (Å²) in [6.45, 7) is 12.9. The maximum Gasteiger partial charge on any atom is 0.323 e. The molecule has 0 aliphatic carbocycles. The van der Waals surface area contributed by atoms with E-state index in [1.165, 1.54) is 12.8 Å². The second-order valence-corrected chi connectivity index (χ2v) is 9.41. The molecule has 8 nitrogen and oxygen atoms in total. The predicted molar refractivity (Wildman–Crippen MR) is 153 cm³/mol. The average molecular weight is 503 g/mol. The molecule has 4 rings (SSSR count). The van der Waals surface area contributed by atoms with Crippen LogP contribution >= 0.6 is 0 Å². The third-order valence-corrected chi connectivity index (χ3v) is 7.05. The van der Waals surface area contributed by atoms with Gasteiger partial charge < -0.3 is 25.5 Å². The number of aliphatic hydroxyl groups is 1. The van der Waals surface area contributed by atoms with Gasteiger partial charge in [-0.25, -0.2) is 4.79 Å². The van der Waals surface area contributed by atoms with Crippen molar-refractivity contribution >= 4 is 28.9 Å². The molecule has 2 amide bonds. The molecule has 2 aliphatic rings. The topological polar surface area (TPSA) is 83.4 Å². The van der Waals surface area contributed by atoms with Gasteiger partial charge in [-0.15, -0.1) is 0 Å². The van der Waals surface area contributed by atoms with E-state index in [0.29, 0.717) is 13.1 Å². The van der Waals surface area contributed by atoms with Crippen molar-refractivity contribution in [2.24, 2.45) is 4.99 Å². The summed E-state index contributed by atoms with van der Waals surface area (Å²) in [4.78, 5) is 24.2. The molecule has 1 unspecified atom stereocenters. The Bertz CT molecular complexity index is 1140. The molecule has 37 heavy (non-hydrogen) atoms. The molecule has 1 atom stereocenters. The highest BCUT2D eigenvalue weighted by Crippen LogP contribution is 2.30. The fourth-order valence-corrected chi connectivity index (χ4v) is 5.23. The van der Waals surface area contributed by atoms with Crippen LogP contribution in [0.4, 0.5) is 21.9 Å². The standard InChI is InChI=1S/C29H38N6O2/c1-4-22(2)28(30-3)35-17-16-34(18-19-36)27(21-35)23-10-9-11-24(20-23)31-29(37)32-25-12-5-6-13-26(25)33-14-7-8-15-33/h4-6,9-13,20,27,36H,1-2,7-8,14-19,21H2,3H3,(H2,31,32,37). The van der Waals surface area contributed by atoms with Crippen LogP contribution in [-0.4, -0.2) is 79.7 Å². The first-order valence-corrected chi connectivity index (χ1v) is 12.9. The number of hydrogen-bond acceptors (Lipinski definition) is 5. The van der Waals surface area contributed by atoms with Crippen molar-refractivity contribution in [3.05, 3.63) is 78.9 Å². The van der Waals surface area contributed by atoms with E-state index >= 15 is 0 Å². The molecule has 0 aromatic heterocycles.